The first-order valence-electron chi connectivity index (χ1n) is 19.7. The molecule has 3 aromatic heterocycles. The average molecular weight is 887 g/mol. The molecule has 12 heteroatoms. The van der Waals surface area contributed by atoms with Gasteiger partial charge in [-0.15, -0.1) is 0 Å². The van der Waals surface area contributed by atoms with E-state index >= 15 is 0 Å². The van der Waals surface area contributed by atoms with E-state index in [1.165, 1.54) is 41.6 Å². The van der Waals surface area contributed by atoms with Crippen molar-refractivity contribution < 1.29 is 24.6 Å². The molecule has 3 heterocycles. The van der Waals surface area contributed by atoms with E-state index < -0.39 is 15.0 Å². The van der Waals surface area contributed by atoms with Crippen molar-refractivity contribution in [2.75, 3.05) is 0 Å². The zero-order valence-electron chi connectivity index (χ0n) is 33.6. The number of aromatic nitrogens is 6. The van der Waals surface area contributed by atoms with Crippen molar-refractivity contribution in [3.63, 3.8) is 0 Å². The Morgan fingerprint density at radius 2 is 0.847 bits per heavy atom. The van der Waals surface area contributed by atoms with E-state index in [9.17, 15) is 5.11 Å². The monoisotopic (exact) mass is 887 g/mol. The fourth-order valence-electron chi connectivity index (χ4n) is 6.07. The van der Waals surface area contributed by atoms with Crippen LogP contribution in [0.4, 0.5) is 0 Å². The van der Waals surface area contributed by atoms with Crippen LogP contribution in [0, 0.1) is 5.41 Å². The number of aliphatic imine (C=N–C) groups is 1. The van der Waals surface area contributed by atoms with Gasteiger partial charge in [0.25, 0.3) is 0 Å². The minimum absolute atomic E-state index is 0. The van der Waals surface area contributed by atoms with Crippen molar-refractivity contribution in [3.05, 3.63) is 218 Å². The molecule has 8 rings (SSSR count). The molecule has 9 nitrogen and oxygen atoms in total. The van der Waals surface area contributed by atoms with Gasteiger partial charge >= 0.3 is 26.6 Å². The molecule has 0 fully saturated rings. The van der Waals surface area contributed by atoms with Gasteiger partial charge in [-0.1, -0.05) is 155 Å². The summed E-state index contributed by atoms with van der Waals surface area (Å²) in [5, 5.41) is 36.5. The molecule has 0 saturated carbocycles. The molecule has 0 bridgehead atoms. The fourth-order valence-corrected chi connectivity index (χ4v) is 8.65. The standard InChI is InChI=1S/C18H15P.C14H12N2O.C9H10BN6.C6H14.Ru/c1-4-10-16(11-5-1)19(17-12-6-2-7-13-17)18-14-8-3-9-15-18;15-13(11-7-3-1-4-8-11)16-14(17)12-9-5-2-6-10-12;1-4-11-14(7-1)10(15-8-2-5-12-15)16-9-3-6-13-16;1-3-5-6-4-2;/h1-15H;1-10H,(H2,15,16,17);1-10H;3-6H2,1-2H3;/q;;-1;;+2. The van der Waals surface area contributed by atoms with Crippen LogP contribution in [0.2, 0.25) is 0 Å². The minimum Gasteiger partial charge on any atom is -0.858 e. The van der Waals surface area contributed by atoms with Gasteiger partial charge in [0, 0.05) is 24.2 Å². The minimum atomic E-state index is -1.12. The van der Waals surface area contributed by atoms with Crippen LogP contribution in [0.1, 0.15) is 50.7 Å². The van der Waals surface area contributed by atoms with Gasteiger partial charge in [-0.05, 0) is 84.6 Å². The molecule has 8 aromatic rings. The van der Waals surface area contributed by atoms with Crippen molar-refractivity contribution in [3.8, 4) is 0 Å². The Morgan fingerprint density at radius 1 is 0.525 bits per heavy atom. The summed E-state index contributed by atoms with van der Waals surface area (Å²) in [4.78, 5) is 3.76. The van der Waals surface area contributed by atoms with Crippen molar-refractivity contribution >= 4 is 42.7 Å². The zero-order chi connectivity index (χ0) is 40.6. The number of rotatable bonds is 11. The molecule has 0 radical (unpaired) electrons. The van der Waals surface area contributed by atoms with Crippen LogP contribution in [0.3, 0.4) is 0 Å². The maximum absolute atomic E-state index is 11.7. The molecule has 0 amide bonds. The fraction of sp³-hybridized carbons (Fsp3) is 0.128. The summed E-state index contributed by atoms with van der Waals surface area (Å²) in [6.45, 7) is 4.46. The Labute approximate surface area is 362 Å². The van der Waals surface area contributed by atoms with Crippen LogP contribution in [-0.2, 0) is 19.5 Å². The van der Waals surface area contributed by atoms with Gasteiger partial charge < -0.3 is 18.9 Å². The van der Waals surface area contributed by atoms with Crippen molar-refractivity contribution in [2.45, 2.75) is 39.5 Å². The van der Waals surface area contributed by atoms with E-state index in [0.29, 0.717) is 11.1 Å². The van der Waals surface area contributed by atoms with Crippen LogP contribution in [-0.4, -0.2) is 47.9 Å². The maximum Gasteiger partial charge on any atom is 2.00 e. The number of nitrogens with one attached hydrogen (secondary N) is 1. The van der Waals surface area contributed by atoms with Crippen LogP contribution >= 0.6 is 7.92 Å². The largest absolute Gasteiger partial charge is 2.00 e. The second kappa shape index (κ2) is 26.1. The summed E-state index contributed by atoms with van der Waals surface area (Å²) >= 11 is 0. The van der Waals surface area contributed by atoms with Crippen LogP contribution in [0.15, 0.2) is 212 Å². The quantitative estimate of drug-likeness (QED) is 0.0477. The molecule has 1 N–H and O–H groups in total. The third-order valence-corrected chi connectivity index (χ3v) is 11.7. The summed E-state index contributed by atoms with van der Waals surface area (Å²) in [6.07, 6.45) is 16.6. The molecule has 0 saturated heterocycles. The van der Waals surface area contributed by atoms with Crippen molar-refractivity contribution in [1.29, 1.82) is 5.41 Å². The SMILES string of the molecule is CCCCCC.N=C(N=C([O-])c1ccccc1)c1ccccc1.[Ru+2].c1ccc([PH+](c2ccccc2)c2ccccc2)cc1.c1cnn([BH-](n2cccn2)n2cccn2)c1. The van der Waals surface area contributed by atoms with Gasteiger partial charge in [0.05, 0.1) is 7.92 Å². The molecule has 300 valence electrons. The number of unbranched alkanes of at least 4 members (excludes halogenated alkanes) is 3. The van der Waals surface area contributed by atoms with E-state index in [0.717, 1.165) is 0 Å². The average Bonchev–Trinajstić information content (AvgIpc) is 4.13. The van der Waals surface area contributed by atoms with Crippen molar-refractivity contribution in [1.82, 2.24) is 29.1 Å². The smallest absolute Gasteiger partial charge is 0.858 e. The number of amidine groups is 1. The maximum atomic E-state index is 11.7. The number of hydrogen-bond donors (Lipinski definition) is 1. The van der Waals surface area contributed by atoms with E-state index in [1.807, 2.05) is 74.8 Å². The Bertz CT molecular complexity index is 2100. The van der Waals surface area contributed by atoms with Crippen LogP contribution in [0.25, 0.3) is 0 Å². The van der Waals surface area contributed by atoms with E-state index in [-0.39, 0.29) is 31.2 Å². The molecular weight excluding hydrogens is 835 g/mol. The predicted molar refractivity (Wildman–Crippen MR) is 243 cm³/mol. The number of benzene rings is 5. The molecule has 59 heavy (non-hydrogen) atoms. The molecule has 0 atom stereocenters. The van der Waals surface area contributed by atoms with Gasteiger partial charge in [-0.25, -0.2) is 20.3 Å². The Kier molecular flexibility index (Phi) is 20.2. The third-order valence-electron chi connectivity index (χ3n) is 8.97. The second-order valence-electron chi connectivity index (χ2n) is 13.2. The van der Waals surface area contributed by atoms with Gasteiger partial charge in [0.1, 0.15) is 15.9 Å². The number of hydrogen-bond acceptors (Lipinski definition) is 5. The topological polar surface area (TPSA) is 113 Å². The first-order valence-corrected chi connectivity index (χ1v) is 21.2. The summed E-state index contributed by atoms with van der Waals surface area (Å²) in [5.41, 5.74) is 1.13. The Balaban J connectivity index is 0.000000182. The first kappa shape index (κ1) is 45.7. The molecule has 5 aromatic carbocycles. The van der Waals surface area contributed by atoms with Crippen LogP contribution < -0.4 is 21.0 Å². The molecule has 0 aliphatic heterocycles. The third kappa shape index (κ3) is 14.7. The summed E-state index contributed by atoms with van der Waals surface area (Å²) in [5.74, 6) is -0.404. The molecule has 0 aliphatic carbocycles. The van der Waals surface area contributed by atoms with E-state index in [2.05, 4.69) is 125 Å². The van der Waals surface area contributed by atoms with Crippen molar-refractivity contribution in [2.24, 2.45) is 4.99 Å². The molecule has 0 aliphatic rings. The molecule has 0 unspecified atom stereocenters. The van der Waals surface area contributed by atoms with Gasteiger partial charge in [-0.2, -0.15) is 0 Å². The van der Waals surface area contributed by atoms with Gasteiger partial charge in [0.2, 0.25) is 0 Å². The zero-order valence-corrected chi connectivity index (χ0v) is 36.3. The Hall–Kier alpha value is -6.01. The van der Waals surface area contributed by atoms with Crippen LogP contribution in [0.5, 0.6) is 0 Å². The predicted octanol–water partition coefficient (Wildman–Crippen LogP) is 7.52. The molecular formula is C47H51BN8OPRu+. The van der Waals surface area contributed by atoms with E-state index in [4.69, 9.17) is 5.41 Å². The molecule has 0 spiro atoms. The first-order chi connectivity index (χ1) is 28.6. The summed E-state index contributed by atoms with van der Waals surface area (Å²) in [7, 11) is -2.00. The number of nitrogens with zero attached hydrogens (tertiary/aromatic N) is 7. The summed E-state index contributed by atoms with van der Waals surface area (Å²) in [6, 6.07) is 55.9. The normalized spacial score (nSPS) is 10.5. The second-order valence-corrected chi connectivity index (χ2v) is 15.7. The van der Waals surface area contributed by atoms with Gasteiger partial charge in [-0.3, -0.25) is 5.41 Å². The van der Waals surface area contributed by atoms with E-state index in [1.54, 1.807) is 55.0 Å². The summed E-state index contributed by atoms with van der Waals surface area (Å²) < 4.78 is 5.62. The Morgan fingerprint density at radius 3 is 1.15 bits per heavy atom. The van der Waals surface area contributed by atoms with Gasteiger partial charge in [0.15, 0.2) is 5.84 Å².